The molecule has 3 N–H and O–H groups in total. The Balaban J connectivity index is 1.94. The van der Waals surface area contributed by atoms with Crippen LogP contribution in [0.2, 0.25) is 0 Å². The maximum absolute atomic E-state index is 11.1. The molecule has 1 aromatic rings. The molecule has 0 bridgehead atoms. The van der Waals surface area contributed by atoms with Crippen LogP contribution in [-0.4, -0.2) is 22.5 Å². The summed E-state index contributed by atoms with van der Waals surface area (Å²) >= 11 is 0. The highest BCUT2D eigenvalue weighted by Gasteiger charge is 2.34. The molecule has 2 heterocycles. The molecule has 7 nitrogen and oxygen atoms in total. The molecule has 1 aliphatic heterocycles. The van der Waals surface area contributed by atoms with Gasteiger partial charge in [0.15, 0.2) is 0 Å². The van der Waals surface area contributed by atoms with Crippen LogP contribution in [0.5, 0.6) is 0 Å². The molecule has 1 saturated carbocycles. The third-order valence-corrected chi connectivity index (χ3v) is 4.69. The lowest BCUT2D eigenvalue weighted by Gasteiger charge is -2.44. The number of nitrogens with two attached hydrogens (primary N) is 1. The van der Waals surface area contributed by atoms with Gasteiger partial charge >= 0.3 is 0 Å². The van der Waals surface area contributed by atoms with E-state index in [1.54, 1.807) is 6.07 Å². The number of nitrogens with zero attached hydrogens (tertiary/aromatic N) is 3. The van der Waals surface area contributed by atoms with Gasteiger partial charge in [-0.25, -0.2) is 10.8 Å². The Hall–Kier alpha value is -1.89. The predicted octanol–water partition coefficient (Wildman–Crippen LogP) is 2.43. The molecule has 2 unspecified atom stereocenters. The summed E-state index contributed by atoms with van der Waals surface area (Å²) in [5.74, 6) is 7.11. The summed E-state index contributed by atoms with van der Waals surface area (Å²) in [6.07, 6.45) is 7.33. The van der Waals surface area contributed by atoms with E-state index < -0.39 is 4.92 Å². The molecule has 3 rings (SSSR count). The Morgan fingerprint density at radius 1 is 1.29 bits per heavy atom. The Bertz CT molecular complexity index is 534. The van der Waals surface area contributed by atoms with E-state index in [0.717, 1.165) is 19.4 Å². The van der Waals surface area contributed by atoms with E-state index in [0.29, 0.717) is 23.6 Å². The van der Waals surface area contributed by atoms with Gasteiger partial charge in [0, 0.05) is 12.6 Å². The van der Waals surface area contributed by atoms with E-state index >= 15 is 0 Å². The fourth-order valence-corrected chi connectivity index (χ4v) is 3.74. The predicted molar refractivity (Wildman–Crippen MR) is 81.0 cm³/mol. The Kier molecular flexibility index (Phi) is 3.92. The van der Waals surface area contributed by atoms with E-state index in [1.165, 1.54) is 31.7 Å². The van der Waals surface area contributed by atoms with Crippen LogP contribution in [0.25, 0.3) is 0 Å². The number of hydrogen-bond donors (Lipinski definition) is 2. The molecule has 0 amide bonds. The van der Waals surface area contributed by atoms with Crippen LogP contribution in [0.4, 0.5) is 17.3 Å². The van der Waals surface area contributed by atoms with Crippen LogP contribution >= 0.6 is 0 Å². The zero-order valence-electron chi connectivity index (χ0n) is 12.0. The molecule has 0 spiro atoms. The summed E-state index contributed by atoms with van der Waals surface area (Å²) in [6, 6.07) is 3.40. The monoisotopic (exact) mass is 291 g/mol. The van der Waals surface area contributed by atoms with Crippen LogP contribution in [0.3, 0.4) is 0 Å². The summed E-state index contributed by atoms with van der Waals surface area (Å²) < 4.78 is 0. The molecule has 7 heteroatoms. The number of nitrogens with one attached hydrogen (secondary N) is 1. The zero-order valence-corrected chi connectivity index (χ0v) is 12.0. The molecule has 2 atom stereocenters. The highest BCUT2D eigenvalue weighted by atomic mass is 16.6. The SMILES string of the molecule is NNc1cc([N+](=O)[O-])cc(N2CCCC3CCCCC32)n1. The first-order valence-corrected chi connectivity index (χ1v) is 7.59. The fraction of sp³-hybridized carbons (Fsp3) is 0.643. The smallest absolute Gasteiger partial charge is 0.276 e. The Morgan fingerprint density at radius 2 is 2.05 bits per heavy atom. The number of hydrazine groups is 1. The number of nitrogen functional groups attached to an aromatic ring is 1. The second kappa shape index (κ2) is 5.85. The van der Waals surface area contributed by atoms with E-state index in [2.05, 4.69) is 15.3 Å². The van der Waals surface area contributed by atoms with Crippen LogP contribution in [0, 0.1) is 16.0 Å². The minimum absolute atomic E-state index is 0.0332. The first-order chi connectivity index (χ1) is 10.2. The molecule has 0 aromatic carbocycles. The van der Waals surface area contributed by atoms with Crippen molar-refractivity contribution in [2.45, 2.75) is 44.6 Å². The van der Waals surface area contributed by atoms with Gasteiger partial charge in [-0.15, -0.1) is 0 Å². The molecule has 1 aromatic heterocycles. The summed E-state index contributed by atoms with van der Waals surface area (Å²) in [7, 11) is 0. The molecule has 2 aliphatic rings. The third-order valence-electron chi connectivity index (χ3n) is 4.69. The van der Waals surface area contributed by atoms with Gasteiger partial charge in [-0.05, 0) is 31.6 Å². The van der Waals surface area contributed by atoms with Gasteiger partial charge in [0.25, 0.3) is 5.69 Å². The van der Waals surface area contributed by atoms with Gasteiger partial charge in [-0.1, -0.05) is 12.8 Å². The van der Waals surface area contributed by atoms with E-state index in [1.807, 2.05) is 0 Å². The molecule has 1 saturated heterocycles. The van der Waals surface area contributed by atoms with Crippen molar-refractivity contribution in [3.8, 4) is 0 Å². The maximum Gasteiger partial charge on any atom is 0.276 e. The van der Waals surface area contributed by atoms with Gasteiger partial charge in [-0.2, -0.15) is 0 Å². The number of hydrogen-bond acceptors (Lipinski definition) is 6. The first kappa shape index (κ1) is 14.1. The highest BCUT2D eigenvalue weighted by molar-refractivity contribution is 5.56. The van der Waals surface area contributed by atoms with Crippen molar-refractivity contribution in [1.82, 2.24) is 4.98 Å². The molecular formula is C14H21N5O2. The van der Waals surface area contributed by atoms with Gasteiger partial charge in [0.2, 0.25) is 0 Å². The molecule has 21 heavy (non-hydrogen) atoms. The van der Waals surface area contributed by atoms with Crippen LogP contribution in [0.1, 0.15) is 38.5 Å². The number of anilines is 2. The second-order valence-electron chi connectivity index (χ2n) is 5.92. The molecule has 0 radical (unpaired) electrons. The normalized spacial score (nSPS) is 25.3. The van der Waals surface area contributed by atoms with Gasteiger partial charge in [0.05, 0.1) is 17.1 Å². The Morgan fingerprint density at radius 3 is 2.81 bits per heavy atom. The van der Waals surface area contributed by atoms with Crippen molar-refractivity contribution in [2.24, 2.45) is 11.8 Å². The second-order valence-corrected chi connectivity index (χ2v) is 5.92. The van der Waals surface area contributed by atoms with Crippen LogP contribution in [-0.2, 0) is 0 Å². The number of rotatable bonds is 3. The average molecular weight is 291 g/mol. The summed E-state index contributed by atoms with van der Waals surface area (Å²) in [5, 5.41) is 11.1. The third kappa shape index (κ3) is 2.78. The minimum Gasteiger partial charge on any atom is -0.353 e. The lowest BCUT2D eigenvalue weighted by molar-refractivity contribution is -0.384. The van der Waals surface area contributed by atoms with Crippen LogP contribution in [0.15, 0.2) is 12.1 Å². The van der Waals surface area contributed by atoms with Gasteiger partial charge < -0.3 is 10.3 Å². The topological polar surface area (TPSA) is 97.3 Å². The van der Waals surface area contributed by atoms with Crippen molar-refractivity contribution in [2.75, 3.05) is 16.9 Å². The minimum atomic E-state index is -0.395. The number of nitro groups is 1. The standard InChI is InChI=1S/C14H21N5O2/c15-17-13-8-11(19(20)21)9-14(16-13)18-7-3-5-10-4-1-2-6-12(10)18/h8-10,12H,1-7,15H2,(H,16,17). The number of pyridine rings is 1. The molecular weight excluding hydrogens is 270 g/mol. The summed E-state index contributed by atoms with van der Waals surface area (Å²) in [6.45, 7) is 0.916. The lowest BCUT2D eigenvalue weighted by Crippen LogP contribution is -2.47. The summed E-state index contributed by atoms with van der Waals surface area (Å²) in [4.78, 5) is 17.4. The van der Waals surface area contributed by atoms with Crippen molar-refractivity contribution in [1.29, 1.82) is 0 Å². The van der Waals surface area contributed by atoms with Crippen molar-refractivity contribution >= 4 is 17.3 Å². The van der Waals surface area contributed by atoms with Crippen LogP contribution < -0.4 is 16.2 Å². The Labute approximate surface area is 123 Å². The average Bonchev–Trinajstić information content (AvgIpc) is 2.53. The lowest BCUT2D eigenvalue weighted by atomic mass is 9.78. The van der Waals surface area contributed by atoms with Gasteiger partial charge in [0.1, 0.15) is 11.6 Å². The highest BCUT2D eigenvalue weighted by Crippen LogP contribution is 2.38. The van der Waals surface area contributed by atoms with E-state index in [9.17, 15) is 10.1 Å². The quantitative estimate of drug-likeness (QED) is 0.504. The zero-order chi connectivity index (χ0) is 14.8. The van der Waals surface area contributed by atoms with Crippen molar-refractivity contribution in [3.63, 3.8) is 0 Å². The fourth-order valence-electron chi connectivity index (χ4n) is 3.74. The summed E-state index contributed by atoms with van der Waals surface area (Å²) in [5.41, 5.74) is 2.46. The number of fused-ring (bicyclic) bond motifs is 1. The van der Waals surface area contributed by atoms with E-state index in [4.69, 9.17) is 5.84 Å². The number of piperidine rings is 1. The van der Waals surface area contributed by atoms with Crippen molar-refractivity contribution in [3.05, 3.63) is 22.2 Å². The number of aromatic nitrogens is 1. The molecule has 2 fully saturated rings. The molecule has 114 valence electrons. The maximum atomic E-state index is 11.1. The van der Waals surface area contributed by atoms with Gasteiger partial charge in [-0.3, -0.25) is 10.1 Å². The first-order valence-electron chi connectivity index (χ1n) is 7.59. The van der Waals surface area contributed by atoms with Crippen molar-refractivity contribution < 1.29 is 4.92 Å². The van der Waals surface area contributed by atoms with E-state index in [-0.39, 0.29) is 5.69 Å². The molecule has 1 aliphatic carbocycles. The largest absolute Gasteiger partial charge is 0.353 e.